The molecule has 9 nitrogen and oxygen atoms in total. The molecule has 0 saturated carbocycles. The summed E-state index contributed by atoms with van der Waals surface area (Å²) in [6.45, 7) is 4.61. The molecule has 1 rings (SSSR count). The summed E-state index contributed by atoms with van der Waals surface area (Å²) in [5.74, 6) is -2.13. The number of methoxy groups -OCH3 is 2. The van der Waals surface area contributed by atoms with Crippen LogP contribution in [0, 0.1) is 0 Å². The fourth-order valence-electron chi connectivity index (χ4n) is 2.29. The smallest absolute Gasteiger partial charge is 0.339 e. The van der Waals surface area contributed by atoms with Crippen LogP contribution in [-0.4, -0.2) is 63.9 Å². The lowest BCUT2D eigenvalue weighted by atomic mass is 10.1. The average Bonchev–Trinajstić information content (AvgIpc) is 2.63. The van der Waals surface area contributed by atoms with Crippen molar-refractivity contribution in [1.29, 1.82) is 0 Å². The fraction of sp³-hybridized carbons (Fsp3) is 0.471. The van der Waals surface area contributed by atoms with Crippen LogP contribution in [0.25, 0.3) is 0 Å². The number of ether oxygens (including phenoxy) is 2. The van der Waals surface area contributed by atoms with Crippen LogP contribution in [0.3, 0.4) is 0 Å². The minimum absolute atomic E-state index is 0.0170. The predicted octanol–water partition coefficient (Wildman–Crippen LogP) is 0.795. The molecule has 1 N–H and O–H groups in total. The van der Waals surface area contributed by atoms with Crippen molar-refractivity contribution in [3.63, 3.8) is 0 Å². The molecule has 150 valence electrons. The first-order chi connectivity index (χ1) is 12.6. The first-order valence-corrected chi connectivity index (χ1v) is 9.62. The molecule has 1 aromatic rings. The molecular weight excluding hydrogens is 376 g/mol. The van der Waals surface area contributed by atoms with E-state index in [4.69, 9.17) is 0 Å². The summed E-state index contributed by atoms with van der Waals surface area (Å²) in [6, 6.07) is 3.31. The van der Waals surface area contributed by atoms with Gasteiger partial charge < -0.3 is 14.8 Å². The van der Waals surface area contributed by atoms with Gasteiger partial charge in [-0.05, 0) is 32.0 Å². The molecule has 0 aliphatic heterocycles. The number of likely N-dealkylation sites (N-methyl/N-ethyl adjacent to an activating group) is 1. The molecule has 0 fully saturated rings. The third kappa shape index (κ3) is 5.51. The van der Waals surface area contributed by atoms with E-state index in [0.717, 1.165) is 24.6 Å². The minimum Gasteiger partial charge on any atom is -0.465 e. The lowest BCUT2D eigenvalue weighted by Crippen LogP contribution is -2.43. The van der Waals surface area contributed by atoms with Crippen LogP contribution in [-0.2, 0) is 24.3 Å². The van der Waals surface area contributed by atoms with E-state index < -0.39 is 39.3 Å². The Hall–Kier alpha value is -2.46. The zero-order valence-electron chi connectivity index (χ0n) is 15.9. The van der Waals surface area contributed by atoms with Crippen LogP contribution in [0.2, 0.25) is 0 Å². The van der Waals surface area contributed by atoms with Crippen LogP contribution < -0.4 is 5.32 Å². The van der Waals surface area contributed by atoms with E-state index in [2.05, 4.69) is 14.8 Å². The molecule has 1 aromatic carbocycles. The molecular formula is C17H24N2O7S. The predicted molar refractivity (Wildman–Crippen MR) is 96.8 cm³/mol. The van der Waals surface area contributed by atoms with E-state index in [1.165, 1.54) is 12.1 Å². The molecule has 0 aliphatic carbocycles. The Bertz CT molecular complexity index is 819. The number of carbonyl (C=O) groups excluding carboxylic acids is 3. The highest BCUT2D eigenvalue weighted by molar-refractivity contribution is 7.89. The first-order valence-electron chi connectivity index (χ1n) is 8.18. The van der Waals surface area contributed by atoms with Crippen molar-refractivity contribution in [2.45, 2.75) is 31.7 Å². The maximum Gasteiger partial charge on any atom is 0.339 e. The normalized spacial score (nSPS) is 11.4. The molecule has 1 amide bonds. The number of amides is 1. The van der Waals surface area contributed by atoms with Crippen molar-refractivity contribution in [1.82, 2.24) is 9.62 Å². The summed E-state index contributed by atoms with van der Waals surface area (Å²) in [4.78, 5) is 35.4. The highest BCUT2D eigenvalue weighted by Crippen LogP contribution is 2.23. The van der Waals surface area contributed by atoms with Crippen molar-refractivity contribution in [2.24, 2.45) is 0 Å². The van der Waals surface area contributed by atoms with Gasteiger partial charge in [-0.15, -0.1) is 0 Å². The van der Waals surface area contributed by atoms with Gasteiger partial charge in [0.15, 0.2) is 0 Å². The van der Waals surface area contributed by atoms with Crippen molar-refractivity contribution >= 4 is 27.9 Å². The summed E-state index contributed by atoms with van der Waals surface area (Å²) in [5, 5.41) is 2.61. The Kier molecular flexibility index (Phi) is 7.92. The van der Waals surface area contributed by atoms with E-state index in [0.29, 0.717) is 0 Å². The van der Waals surface area contributed by atoms with E-state index in [9.17, 15) is 22.8 Å². The Morgan fingerprint density at radius 1 is 1.11 bits per heavy atom. The standard InChI is InChI=1S/C17H24N2O7S/c1-6-19(10-15(20)18-11(2)3)27(23,24)14-9-12(16(21)25-4)7-8-13(14)17(22)26-5/h7-9,11H,6,10H2,1-5H3,(H,18,20). The molecule has 0 heterocycles. The molecule has 0 atom stereocenters. The summed E-state index contributed by atoms with van der Waals surface area (Å²) < 4.78 is 36.3. The van der Waals surface area contributed by atoms with Crippen LogP contribution in [0.1, 0.15) is 41.5 Å². The van der Waals surface area contributed by atoms with E-state index in [-0.39, 0.29) is 23.7 Å². The van der Waals surface area contributed by atoms with Crippen LogP contribution in [0.15, 0.2) is 23.1 Å². The van der Waals surface area contributed by atoms with Crippen molar-refractivity contribution in [3.8, 4) is 0 Å². The van der Waals surface area contributed by atoms with Crippen LogP contribution in [0.5, 0.6) is 0 Å². The van der Waals surface area contributed by atoms with Gasteiger partial charge in [0.2, 0.25) is 15.9 Å². The topological polar surface area (TPSA) is 119 Å². The van der Waals surface area contributed by atoms with Gasteiger partial charge in [0.25, 0.3) is 0 Å². The number of sulfonamides is 1. The van der Waals surface area contributed by atoms with Crippen molar-refractivity contribution in [2.75, 3.05) is 27.3 Å². The molecule has 0 aromatic heterocycles. The zero-order valence-corrected chi connectivity index (χ0v) is 16.8. The Balaban J connectivity index is 3.45. The molecule has 0 saturated heterocycles. The summed E-state index contributed by atoms with van der Waals surface area (Å²) in [5.41, 5.74) is -0.292. The maximum atomic E-state index is 13.1. The first kappa shape index (κ1) is 22.6. The molecule has 0 spiro atoms. The molecule has 27 heavy (non-hydrogen) atoms. The second-order valence-electron chi connectivity index (χ2n) is 5.85. The lowest BCUT2D eigenvalue weighted by molar-refractivity contribution is -0.121. The number of hydrogen-bond donors (Lipinski definition) is 1. The van der Waals surface area contributed by atoms with E-state index >= 15 is 0 Å². The van der Waals surface area contributed by atoms with Gasteiger partial charge >= 0.3 is 11.9 Å². The third-order valence-electron chi connectivity index (χ3n) is 3.55. The van der Waals surface area contributed by atoms with Crippen LogP contribution in [0.4, 0.5) is 0 Å². The number of hydrogen-bond acceptors (Lipinski definition) is 7. The summed E-state index contributed by atoms with van der Waals surface area (Å²) in [6.07, 6.45) is 0. The number of rotatable bonds is 8. The third-order valence-corrected chi connectivity index (χ3v) is 5.51. The van der Waals surface area contributed by atoms with Crippen LogP contribution >= 0.6 is 0 Å². The lowest BCUT2D eigenvalue weighted by Gasteiger charge is -2.22. The fourth-order valence-corrected chi connectivity index (χ4v) is 3.90. The minimum atomic E-state index is -4.27. The van der Waals surface area contributed by atoms with Gasteiger partial charge in [-0.2, -0.15) is 4.31 Å². The van der Waals surface area contributed by atoms with Gasteiger partial charge in [0, 0.05) is 12.6 Å². The molecule has 0 unspecified atom stereocenters. The number of nitrogens with zero attached hydrogens (tertiary/aromatic N) is 1. The molecule has 0 bridgehead atoms. The summed E-state index contributed by atoms with van der Waals surface area (Å²) >= 11 is 0. The van der Waals surface area contributed by atoms with Crippen molar-refractivity contribution < 1.29 is 32.3 Å². The molecule has 10 heteroatoms. The highest BCUT2D eigenvalue weighted by Gasteiger charge is 2.31. The summed E-state index contributed by atoms with van der Waals surface area (Å²) in [7, 11) is -2.00. The average molecular weight is 400 g/mol. The van der Waals surface area contributed by atoms with E-state index in [1.54, 1.807) is 20.8 Å². The van der Waals surface area contributed by atoms with Crippen molar-refractivity contribution in [3.05, 3.63) is 29.3 Å². The zero-order chi connectivity index (χ0) is 20.8. The molecule has 0 radical (unpaired) electrons. The molecule has 0 aliphatic rings. The number of carbonyl (C=O) groups is 3. The van der Waals surface area contributed by atoms with E-state index in [1.807, 2.05) is 0 Å². The second kappa shape index (κ2) is 9.47. The van der Waals surface area contributed by atoms with Gasteiger partial charge in [-0.3, -0.25) is 4.79 Å². The quantitative estimate of drug-likeness (QED) is 0.641. The largest absolute Gasteiger partial charge is 0.465 e. The monoisotopic (exact) mass is 400 g/mol. The Morgan fingerprint density at radius 3 is 2.19 bits per heavy atom. The van der Waals surface area contributed by atoms with Gasteiger partial charge in [0.1, 0.15) is 0 Å². The van der Waals surface area contributed by atoms with Gasteiger partial charge in [0.05, 0.1) is 36.8 Å². The second-order valence-corrected chi connectivity index (χ2v) is 7.75. The Labute approximate surface area is 158 Å². The maximum absolute atomic E-state index is 13.1. The van der Waals surface area contributed by atoms with Gasteiger partial charge in [-0.1, -0.05) is 6.92 Å². The number of esters is 2. The van der Waals surface area contributed by atoms with Gasteiger partial charge in [-0.25, -0.2) is 18.0 Å². The number of benzene rings is 1. The SMILES string of the molecule is CCN(CC(=O)NC(C)C)S(=O)(=O)c1cc(C(=O)OC)ccc1C(=O)OC. The Morgan fingerprint density at radius 2 is 1.70 bits per heavy atom. The number of nitrogens with one attached hydrogen (secondary N) is 1. The highest BCUT2D eigenvalue weighted by atomic mass is 32.2.